The van der Waals surface area contributed by atoms with Crippen LogP contribution in [-0.2, 0) is 4.79 Å². The number of carbonyl (C=O) groups is 1. The number of rotatable bonds is 2. The zero-order valence-electron chi connectivity index (χ0n) is 11.7. The number of hydrazone groups is 1. The maximum absolute atomic E-state index is 11.9. The van der Waals surface area contributed by atoms with E-state index in [0.717, 1.165) is 16.8 Å². The molecule has 106 valence electrons. The minimum absolute atomic E-state index is 0.0602. The van der Waals surface area contributed by atoms with Crippen molar-refractivity contribution in [3.05, 3.63) is 70.7 Å². The summed E-state index contributed by atoms with van der Waals surface area (Å²) in [5, 5.41) is 6.70. The highest BCUT2D eigenvalue weighted by molar-refractivity contribution is 6.34. The smallest absolute Gasteiger partial charge is 0.240 e. The minimum Gasteiger partial charge on any atom is -0.273 e. The quantitative estimate of drug-likeness (QED) is 0.823. The van der Waals surface area contributed by atoms with E-state index in [9.17, 15) is 4.79 Å². The Morgan fingerprint density at radius 1 is 1.14 bits per heavy atom. The van der Waals surface area contributed by atoms with Crippen LogP contribution in [0.3, 0.4) is 0 Å². The van der Waals surface area contributed by atoms with Gasteiger partial charge in [0.2, 0.25) is 5.91 Å². The topological polar surface area (TPSA) is 32.7 Å². The highest BCUT2D eigenvalue weighted by Gasteiger charge is 2.31. The van der Waals surface area contributed by atoms with Crippen molar-refractivity contribution in [2.24, 2.45) is 5.10 Å². The van der Waals surface area contributed by atoms with Crippen molar-refractivity contribution in [1.29, 1.82) is 0 Å². The molecular formula is C17H15ClN2O. The van der Waals surface area contributed by atoms with E-state index in [1.807, 2.05) is 54.6 Å². The number of hydrogen-bond acceptors (Lipinski definition) is 2. The van der Waals surface area contributed by atoms with Gasteiger partial charge >= 0.3 is 0 Å². The van der Waals surface area contributed by atoms with E-state index >= 15 is 0 Å². The van der Waals surface area contributed by atoms with Crippen LogP contribution in [0.4, 0.5) is 0 Å². The summed E-state index contributed by atoms with van der Waals surface area (Å²) in [5.74, 6) is -0.0640. The summed E-state index contributed by atoms with van der Waals surface area (Å²) in [7, 11) is 0. The normalized spacial score (nSPS) is 17.7. The minimum atomic E-state index is -0.0640. The van der Waals surface area contributed by atoms with E-state index in [4.69, 9.17) is 11.6 Å². The van der Waals surface area contributed by atoms with Crippen LogP contribution in [0, 0.1) is 0 Å². The van der Waals surface area contributed by atoms with Crippen LogP contribution in [0.1, 0.15) is 30.5 Å². The Bertz CT molecular complexity index is 697. The molecule has 1 aliphatic heterocycles. The van der Waals surface area contributed by atoms with Gasteiger partial charge in [0.25, 0.3) is 0 Å². The summed E-state index contributed by atoms with van der Waals surface area (Å²) in [6.07, 6.45) is 0.674. The van der Waals surface area contributed by atoms with E-state index in [1.165, 1.54) is 6.92 Å². The number of benzene rings is 2. The van der Waals surface area contributed by atoms with Crippen molar-refractivity contribution in [2.75, 3.05) is 0 Å². The fourth-order valence-electron chi connectivity index (χ4n) is 2.59. The summed E-state index contributed by atoms with van der Waals surface area (Å²) >= 11 is 6.24. The second-order valence-corrected chi connectivity index (χ2v) is 5.43. The Morgan fingerprint density at radius 2 is 1.81 bits per heavy atom. The second-order valence-electron chi connectivity index (χ2n) is 5.02. The Kier molecular flexibility index (Phi) is 3.76. The van der Waals surface area contributed by atoms with E-state index in [-0.39, 0.29) is 11.9 Å². The monoisotopic (exact) mass is 298 g/mol. The Balaban J connectivity index is 1.98. The van der Waals surface area contributed by atoms with Gasteiger partial charge in [-0.1, -0.05) is 60.1 Å². The lowest BCUT2D eigenvalue weighted by atomic mass is 9.98. The van der Waals surface area contributed by atoms with E-state index < -0.39 is 0 Å². The van der Waals surface area contributed by atoms with Gasteiger partial charge in [-0.2, -0.15) is 5.10 Å². The molecule has 2 aromatic carbocycles. The van der Waals surface area contributed by atoms with Gasteiger partial charge in [0.1, 0.15) is 0 Å². The first kappa shape index (κ1) is 13.8. The molecular weight excluding hydrogens is 284 g/mol. The lowest BCUT2D eigenvalue weighted by Gasteiger charge is -2.20. The van der Waals surface area contributed by atoms with Crippen molar-refractivity contribution < 1.29 is 4.79 Å². The van der Waals surface area contributed by atoms with Crippen molar-refractivity contribution in [3.8, 4) is 0 Å². The average Bonchev–Trinajstić information content (AvgIpc) is 2.94. The molecule has 0 fully saturated rings. The van der Waals surface area contributed by atoms with Crippen LogP contribution < -0.4 is 0 Å². The summed E-state index contributed by atoms with van der Waals surface area (Å²) < 4.78 is 0. The molecule has 1 unspecified atom stereocenters. The third kappa shape index (κ3) is 2.69. The third-order valence-electron chi connectivity index (χ3n) is 3.60. The van der Waals surface area contributed by atoms with Crippen molar-refractivity contribution >= 4 is 23.2 Å². The summed E-state index contributed by atoms with van der Waals surface area (Å²) in [6, 6.07) is 17.5. The number of carbonyl (C=O) groups excluding carboxylic acids is 1. The summed E-state index contributed by atoms with van der Waals surface area (Å²) in [6.45, 7) is 1.54. The fraction of sp³-hybridized carbons (Fsp3) is 0.176. The van der Waals surface area contributed by atoms with Gasteiger partial charge in [-0.25, -0.2) is 5.01 Å². The first-order chi connectivity index (χ1) is 10.2. The number of amides is 1. The number of nitrogens with zero attached hydrogens (tertiary/aromatic N) is 2. The van der Waals surface area contributed by atoms with Gasteiger partial charge in [0.05, 0.1) is 11.8 Å². The predicted molar refractivity (Wildman–Crippen MR) is 84.3 cm³/mol. The zero-order chi connectivity index (χ0) is 14.8. The molecule has 3 nitrogen and oxygen atoms in total. The summed E-state index contributed by atoms with van der Waals surface area (Å²) in [4.78, 5) is 11.9. The van der Waals surface area contributed by atoms with Crippen LogP contribution in [0.5, 0.6) is 0 Å². The number of halogens is 1. The SMILES string of the molecule is CC(=O)N1N=C(c2ccccc2Cl)CC1c1ccccc1. The van der Waals surface area contributed by atoms with Crippen molar-refractivity contribution in [3.63, 3.8) is 0 Å². The molecule has 1 heterocycles. The lowest BCUT2D eigenvalue weighted by Crippen LogP contribution is -2.24. The molecule has 0 aliphatic carbocycles. The fourth-order valence-corrected chi connectivity index (χ4v) is 2.84. The Hall–Kier alpha value is -2.13. The Labute approximate surface area is 128 Å². The molecule has 0 aromatic heterocycles. The van der Waals surface area contributed by atoms with Crippen LogP contribution >= 0.6 is 11.6 Å². The maximum Gasteiger partial charge on any atom is 0.240 e. The first-order valence-corrected chi connectivity index (χ1v) is 7.21. The molecule has 21 heavy (non-hydrogen) atoms. The van der Waals surface area contributed by atoms with Crippen LogP contribution in [0.25, 0.3) is 0 Å². The largest absolute Gasteiger partial charge is 0.273 e. The molecule has 0 saturated carbocycles. The van der Waals surface area contributed by atoms with E-state index in [1.54, 1.807) is 5.01 Å². The van der Waals surface area contributed by atoms with Crippen LogP contribution in [0.15, 0.2) is 59.7 Å². The van der Waals surface area contributed by atoms with Gasteiger partial charge in [0.15, 0.2) is 0 Å². The molecule has 2 aromatic rings. The average molecular weight is 299 g/mol. The molecule has 0 bridgehead atoms. The second kappa shape index (κ2) is 5.70. The summed E-state index contributed by atoms with van der Waals surface area (Å²) in [5.41, 5.74) is 2.83. The third-order valence-corrected chi connectivity index (χ3v) is 3.93. The molecule has 0 saturated heterocycles. The van der Waals surface area contributed by atoms with Gasteiger partial charge in [-0.15, -0.1) is 0 Å². The molecule has 1 atom stereocenters. The molecule has 4 heteroatoms. The van der Waals surface area contributed by atoms with Gasteiger partial charge in [-0.05, 0) is 11.6 Å². The molecule has 0 N–H and O–H groups in total. The van der Waals surface area contributed by atoms with Crippen LogP contribution in [-0.4, -0.2) is 16.6 Å². The standard InChI is InChI=1S/C17H15ClN2O/c1-12(21)20-17(13-7-3-2-4-8-13)11-16(19-20)14-9-5-6-10-15(14)18/h2-10,17H,11H2,1H3. The Morgan fingerprint density at radius 3 is 2.48 bits per heavy atom. The highest BCUT2D eigenvalue weighted by atomic mass is 35.5. The first-order valence-electron chi connectivity index (χ1n) is 6.84. The van der Waals surface area contributed by atoms with Crippen molar-refractivity contribution in [2.45, 2.75) is 19.4 Å². The molecule has 0 radical (unpaired) electrons. The van der Waals surface area contributed by atoms with Crippen LogP contribution in [0.2, 0.25) is 5.02 Å². The van der Waals surface area contributed by atoms with Gasteiger partial charge in [-0.3, -0.25) is 4.79 Å². The van der Waals surface area contributed by atoms with E-state index in [2.05, 4.69) is 5.10 Å². The van der Waals surface area contributed by atoms with Gasteiger partial charge in [0, 0.05) is 23.9 Å². The molecule has 1 amide bonds. The maximum atomic E-state index is 11.9. The lowest BCUT2D eigenvalue weighted by molar-refractivity contribution is -0.130. The predicted octanol–water partition coefficient (Wildman–Crippen LogP) is 4.04. The van der Waals surface area contributed by atoms with Gasteiger partial charge < -0.3 is 0 Å². The highest BCUT2D eigenvalue weighted by Crippen LogP contribution is 2.34. The number of hydrogen-bond donors (Lipinski definition) is 0. The van der Waals surface area contributed by atoms with Crippen molar-refractivity contribution in [1.82, 2.24) is 5.01 Å². The zero-order valence-corrected chi connectivity index (χ0v) is 12.4. The molecule has 0 spiro atoms. The molecule has 1 aliphatic rings. The van der Waals surface area contributed by atoms with E-state index in [0.29, 0.717) is 11.4 Å². The molecule has 3 rings (SSSR count).